The molecule has 2 amide bonds. The smallest absolute Gasteiger partial charge is 0.255 e. The van der Waals surface area contributed by atoms with Crippen molar-refractivity contribution in [1.29, 1.82) is 0 Å². The monoisotopic (exact) mass is 487 g/mol. The lowest BCUT2D eigenvalue weighted by molar-refractivity contribution is -0.113. The highest BCUT2D eigenvalue weighted by molar-refractivity contribution is 8.00. The molecule has 2 N–H and O–H groups in total. The number of rotatable bonds is 9. The van der Waals surface area contributed by atoms with Gasteiger partial charge in [0.2, 0.25) is 5.91 Å². The Morgan fingerprint density at radius 2 is 1.74 bits per heavy atom. The first-order valence-corrected chi connectivity index (χ1v) is 12.4. The molecule has 1 aromatic heterocycles. The normalized spacial score (nSPS) is 10.8. The van der Waals surface area contributed by atoms with Gasteiger partial charge in [-0.15, -0.1) is 11.8 Å². The van der Waals surface area contributed by atoms with Crippen LogP contribution in [-0.4, -0.2) is 35.8 Å². The van der Waals surface area contributed by atoms with E-state index in [1.165, 1.54) is 11.8 Å². The molecule has 6 nitrogen and oxygen atoms in total. The minimum absolute atomic E-state index is 0.0374. The van der Waals surface area contributed by atoms with Crippen LogP contribution in [0.25, 0.3) is 10.9 Å². The van der Waals surface area contributed by atoms with Crippen molar-refractivity contribution in [3.63, 3.8) is 0 Å². The molecular formula is C28H29N3O3S. The molecule has 1 heterocycles. The van der Waals surface area contributed by atoms with Gasteiger partial charge in [-0.3, -0.25) is 9.59 Å². The molecule has 0 bridgehead atoms. The number of para-hydroxylation sites is 2. The quantitative estimate of drug-likeness (QED) is 0.309. The molecule has 0 aliphatic heterocycles. The Balaban J connectivity index is 1.40. The van der Waals surface area contributed by atoms with Crippen LogP contribution in [-0.2, 0) is 11.3 Å². The fraction of sp³-hybridized carbons (Fsp3) is 0.214. The Kier molecular flexibility index (Phi) is 7.77. The number of ether oxygens (including phenoxy) is 1. The second-order valence-corrected chi connectivity index (χ2v) is 9.26. The predicted molar refractivity (Wildman–Crippen MR) is 143 cm³/mol. The number of hydrogen-bond donors (Lipinski definition) is 2. The molecule has 0 radical (unpaired) electrons. The van der Waals surface area contributed by atoms with Crippen LogP contribution in [0.4, 0.5) is 5.69 Å². The number of fused-ring (bicyclic) bond motifs is 1. The SMILES string of the molecule is COc1ccccc1C(=O)NCCn1cc(SCC(=O)Nc2cccc(C)c2C)c2ccccc21. The summed E-state index contributed by atoms with van der Waals surface area (Å²) in [7, 11) is 1.56. The first-order chi connectivity index (χ1) is 17.0. The van der Waals surface area contributed by atoms with Crippen LogP contribution < -0.4 is 15.4 Å². The highest BCUT2D eigenvalue weighted by atomic mass is 32.2. The Labute approximate surface area is 209 Å². The maximum atomic E-state index is 12.6. The average Bonchev–Trinajstić information content (AvgIpc) is 3.23. The number of thioether (sulfide) groups is 1. The molecule has 4 rings (SSSR count). The molecule has 0 saturated carbocycles. The van der Waals surface area contributed by atoms with Gasteiger partial charge in [0.1, 0.15) is 5.75 Å². The summed E-state index contributed by atoms with van der Waals surface area (Å²) in [5.74, 6) is 0.654. The summed E-state index contributed by atoms with van der Waals surface area (Å²) >= 11 is 1.51. The van der Waals surface area contributed by atoms with Gasteiger partial charge in [-0.1, -0.05) is 42.5 Å². The van der Waals surface area contributed by atoms with Gasteiger partial charge in [-0.05, 0) is 49.2 Å². The molecule has 3 aromatic carbocycles. The van der Waals surface area contributed by atoms with Gasteiger partial charge in [0, 0.05) is 40.8 Å². The van der Waals surface area contributed by atoms with E-state index in [4.69, 9.17) is 4.74 Å². The standard InChI is InChI=1S/C28H29N3O3S/c1-19-9-8-12-23(20(19)2)30-27(32)18-35-26-17-31(24-13-6-4-10-21(24)26)16-15-29-28(33)22-11-5-7-14-25(22)34-3/h4-14,17H,15-16,18H2,1-3H3,(H,29,33)(H,30,32). The van der Waals surface area contributed by atoms with E-state index >= 15 is 0 Å². The summed E-state index contributed by atoms with van der Waals surface area (Å²) in [6.45, 7) is 5.12. The van der Waals surface area contributed by atoms with Crippen molar-refractivity contribution in [2.45, 2.75) is 25.3 Å². The van der Waals surface area contributed by atoms with E-state index in [-0.39, 0.29) is 11.8 Å². The van der Waals surface area contributed by atoms with E-state index in [1.54, 1.807) is 19.2 Å². The lowest BCUT2D eigenvalue weighted by Crippen LogP contribution is -2.27. The first-order valence-electron chi connectivity index (χ1n) is 11.5. The van der Waals surface area contributed by atoms with Gasteiger partial charge in [0.05, 0.1) is 18.4 Å². The highest BCUT2D eigenvalue weighted by Gasteiger charge is 2.14. The zero-order chi connectivity index (χ0) is 24.8. The third kappa shape index (κ3) is 5.69. The fourth-order valence-electron chi connectivity index (χ4n) is 3.95. The molecule has 0 aliphatic carbocycles. The Bertz CT molecular complexity index is 1360. The van der Waals surface area contributed by atoms with E-state index in [0.29, 0.717) is 30.2 Å². The second-order valence-electron chi connectivity index (χ2n) is 8.24. The third-order valence-electron chi connectivity index (χ3n) is 5.98. The van der Waals surface area contributed by atoms with Crippen LogP contribution in [0.1, 0.15) is 21.5 Å². The van der Waals surface area contributed by atoms with Crippen LogP contribution in [0.5, 0.6) is 5.75 Å². The number of aryl methyl sites for hydroxylation is 1. The number of nitrogens with zero attached hydrogens (tertiary/aromatic N) is 1. The maximum absolute atomic E-state index is 12.6. The number of nitrogens with one attached hydrogen (secondary N) is 2. The van der Waals surface area contributed by atoms with Gasteiger partial charge in [-0.2, -0.15) is 0 Å². The molecule has 0 atom stereocenters. The Morgan fingerprint density at radius 3 is 2.57 bits per heavy atom. The number of methoxy groups -OCH3 is 1. The number of amides is 2. The van der Waals surface area contributed by atoms with Crippen LogP contribution in [0.2, 0.25) is 0 Å². The predicted octanol–water partition coefficient (Wildman–Crippen LogP) is 5.43. The molecule has 7 heteroatoms. The minimum Gasteiger partial charge on any atom is -0.496 e. The van der Waals surface area contributed by atoms with Gasteiger partial charge in [0.15, 0.2) is 0 Å². The third-order valence-corrected chi connectivity index (χ3v) is 7.02. The second kappa shape index (κ2) is 11.1. The maximum Gasteiger partial charge on any atom is 0.255 e. The average molecular weight is 488 g/mol. The Hall–Kier alpha value is -3.71. The van der Waals surface area contributed by atoms with Crippen molar-refractivity contribution in [1.82, 2.24) is 9.88 Å². The summed E-state index contributed by atoms with van der Waals surface area (Å²) in [6, 6.07) is 21.2. The van der Waals surface area contributed by atoms with E-state index in [9.17, 15) is 9.59 Å². The van der Waals surface area contributed by atoms with Gasteiger partial charge >= 0.3 is 0 Å². The molecule has 180 valence electrons. The summed E-state index contributed by atoms with van der Waals surface area (Å²) in [5, 5.41) is 7.09. The summed E-state index contributed by atoms with van der Waals surface area (Å²) in [6.07, 6.45) is 2.05. The molecule has 0 aliphatic rings. The molecular weight excluding hydrogens is 458 g/mol. The molecule has 0 saturated heterocycles. The molecule has 0 spiro atoms. The van der Waals surface area contributed by atoms with Crippen molar-refractivity contribution in [2.24, 2.45) is 0 Å². The largest absolute Gasteiger partial charge is 0.496 e. The van der Waals surface area contributed by atoms with Crippen molar-refractivity contribution >= 4 is 40.2 Å². The van der Waals surface area contributed by atoms with Crippen LogP contribution in [0.15, 0.2) is 77.8 Å². The van der Waals surface area contributed by atoms with E-state index in [1.807, 2.05) is 56.3 Å². The lowest BCUT2D eigenvalue weighted by atomic mass is 10.1. The van der Waals surface area contributed by atoms with Crippen LogP contribution >= 0.6 is 11.8 Å². The van der Waals surface area contributed by atoms with Crippen molar-refractivity contribution in [2.75, 3.05) is 24.7 Å². The summed E-state index contributed by atoms with van der Waals surface area (Å²) in [5.41, 5.74) is 4.66. The molecule has 35 heavy (non-hydrogen) atoms. The van der Waals surface area contributed by atoms with Crippen molar-refractivity contribution < 1.29 is 14.3 Å². The molecule has 0 fully saturated rings. The fourth-order valence-corrected chi connectivity index (χ4v) is 4.84. The van der Waals surface area contributed by atoms with Gasteiger partial charge in [-0.25, -0.2) is 0 Å². The number of aromatic nitrogens is 1. The molecule has 0 unspecified atom stereocenters. The zero-order valence-electron chi connectivity index (χ0n) is 20.1. The highest BCUT2D eigenvalue weighted by Crippen LogP contribution is 2.30. The number of hydrogen-bond acceptors (Lipinski definition) is 4. The topological polar surface area (TPSA) is 72.4 Å². The lowest BCUT2D eigenvalue weighted by Gasteiger charge is -2.10. The number of benzene rings is 3. The number of carbonyl (C=O) groups excluding carboxylic acids is 2. The minimum atomic E-state index is -0.170. The van der Waals surface area contributed by atoms with Crippen LogP contribution in [0.3, 0.4) is 0 Å². The van der Waals surface area contributed by atoms with E-state index < -0.39 is 0 Å². The van der Waals surface area contributed by atoms with Crippen LogP contribution in [0, 0.1) is 13.8 Å². The van der Waals surface area contributed by atoms with E-state index in [2.05, 4.69) is 33.5 Å². The van der Waals surface area contributed by atoms with Crippen molar-refractivity contribution in [3.05, 3.63) is 89.6 Å². The number of carbonyl (C=O) groups is 2. The summed E-state index contributed by atoms with van der Waals surface area (Å²) in [4.78, 5) is 26.3. The summed E-state index contributed by atoms with van der Waals surface area (Å²) < 4.78 is 7.40. The van der Waals surface area contributed by atoms with Gasteiger partial charge < -0.3 is 19.9 Å². The number of anilines is 1. The van der Waals surface area contributed by atoms with E-state index in [0.717, 1.165) is 32.6 Å². The Morgan fingerprint density at radius 1 is 0.971 bits per heavy atom. The zero-order valence-corrected chi connectivity index (χ0v) is 20.9. The first kappa shape index (κ1) is 24.4. The molecule has 4 aromatic rings. The van der Waals surface area contributed by atoms with Crippen molar-refractivity contribution in [3.8, 4) is 5.75 Å². The van der Waals surface area contributed by atoms with Gasteiger partial charge in [0.25, 0.3) is 5.91 Å².